The number of hydrogen-bond donors (Lipinski definition) is 3. The van der Waals surface area contributed by atoms with Gasteiger partial charge in [-0.3, -0.25) is 9.59 Å². The van der Waals surface area contributed by atoms with Crippen molar-refractivity contribution in [2.45, 2.75) is 18.6 Å². The van der Waals surface area contributed by atoms with Crippen molar-refractivity contribution in [3.05, 3.63) is 54.1 Å². The van der Waals surface area contributed by atoms with Gasteiger partial charge in [-0.15, -0.1) is 0 Å². The number of amidine groups is 1. The van der Waals surface area contributed by atoms with Gasteiger partial charge in [0, 0.05) is 12.1 Å². The maximum atomic E-state index is 12.1. The van der Waals surface area contributed by atoms with Crippen molar-refractivity contribution in [3.63, 3.8) is 0 Å². The first-order chi connectivity index (χ1) is 12.0. The van der Waals surface area contributed by atoms with E-state index in [1.807, 2.05) is 31.2 Å². The Labute approximate surface area is 149 Å². The second-order valence-corrected chi connectivity index (χ2v) is 6.84. The number of thioether (sulfide) groups is 1. The highest BCUT2D eigenvalue weighted by Gasteiger charge is 2.32. The first-order valence-electron chi connectivity index (χ1n) is 7.71. The molecule has 0 saturated carbocycles. The summed E-state index contributed by atoms with van der Waals surface area (Å²) in [5.41, 5.74) is 2.43. The van der Waals surface area contributed by atoms with Gasteiger partial charge in [-0.1, -0.05) is 29.5 Å². The Morgan fingerprint density at radius 3 is 2.56 bits per heavy atom. The summed E-state index contributed by atoms with van der Waals surface area (Å²) in [6.07, 6.45) is 0.0684. The van der Waals surface area contributed by atoms with E-state index in [-0.39, 0.29) is 24.0 Å². The molecule has 0 radical (unpaired) electrons. The van der Waals surface area contributed by atoms with Crippen molar-refractivity contribution < 1.29 is 14.7 Å². The van der Waals surface area contributed by atoms with Gasteiger partial charge in [-0.25, -0.2) is 4.99 Å². The van der Waals surface area contributed by atoms with Crippen molar-refractivity contribution in [3.8, 4) is 5.75 Å². The molecule has 0 spiro atoms. The van der Waals surface area contributed by atoms with Crippen molar-refractivity contribution in [2.24, 2.45) is 4.99 Å². The van der Waals surface area contributed by atoms with Gasteiger partial charge in [0.05, 0.1) is 5.69 Å². The Kier molecular flexibility index (Phi) is 5.04. The zero-order chi connectivity index (χ0) is 17.8. The van der Waals surface area contributed by atoms with Gasteiger partial charge in [0.25, 0.3) is 0 Å². The summed E-state index contributed by atoms with van der Waals surface area (Å²) in [6.45, 7) is 1.97. The van der Waals surface area contributed by atoms with Crippen LogP contribution in [0.5, 0.6) is 5.75 Å². The molecule has 1 fully saturated rings. The minimum Gasteiger partial charge on any atom is -0.508 e. The topological polar surface area (TPSA) is 90.8 Å². The van der Waals surface area contributed by atoms with Crippen molar-refractivity contribution in [1.29, 1.82) is 0 Å². The quantitative estimate of drug-likeness (QED) is 0.786. The molecule has 7 heteroatoms. The average Bonchev–Trinajstić information content (AvgIpc) is 2.91. The van der Waals surface area contributed by atoms with Crippen LogP contribution in [0.4, 0.5) is 11.4 Å². The molecule has 0 bridgehead atoms. The van der Waals surface area contributed by atoms with Crippen LogP contribution in [0.3, 0.4) is 0 Å². The molecule has 2 aromatic carbocycles. The summed E-state index contributed by atoms with van der Waals surface area (Å²) in [7, 11) is 0. The number of carbonyl (C=O) groups is 2. The van der Waals surface area contributed by atoms with Crippen molar-refractivity contribution in [2.75, 3.05) is 5.32 Å². The lowest BCUT2D eigenvalue weighted by Crippen LogP contribution is -2.28. The van der Waals surface area contributed by atoms with Crippen molar-refractivity contribution in [1.82, 2.24) is 5.32 Å². The van der Waals surface area contributed by atoms with Crippen LogP contribution < -0.4 is 10.6 Å². The van der Waals surface area contributed by atoms with Gasteiger partial charge in [0.1, 0.15) is 11.0 Å². The normalized spacial score (nSPS) is 18.2. The number of phenols is 1. The summed E-state index contributed by atoms with van der Waals surface area (Å²) >= 11 is 1.23. The van der Waals surface area contributed by atoms with Crippen LogP contribution in [0.1, 0.15) is 12.0 Å². The summed E-state index contributed by atoms with van der Waals surface area (Å²) < 4.78 is 0. The van der Waals surface area contributed by atoms with Crippen LogP contribution >= 0.6 is 11.8 Å². The number of carbonyl (C=O) groups excluding carboxylic acids is 2. The number of hydrogen-bond acceptors (Lipinski definition) is 5. The Morgan fingerprint density at radius 2 is 1.88 bits per heavy atom. The molecule has 2 amide bonds. The second kappa shape index (κ2) is 7.40. The van der Waals surface area contributed by atoms with Gasteiger partial charge >= 0.3 is 0 Å². The number of nitrogens with zero attached hydrogens (tertiary/aromatic N) is 1. The van der Waals surface area contributed by atoms with Crippen LogP contribution in [0.2, 0.25) is 0 Å². The number of amides is 2. The fourth-order valence-corrected chi connectivity index (χ4v) is 3.24. The van der Waals surface area contributed by atoms with E-state index >= 15 is 0 Å². The Balaban J connectivity index is 1.59. The Hall–Kier alpha value is -2.80. The van der Waals surface area contributed by atoms with Gasteiger partial charge in [0.2, 0.25) is 11.8 Å². The molecule has 0 aromatic heterocycles. The minimum atomic E-state index is -0.513. The lowest BCUT2D eigenvalue weighted by atomic mass is 10.2. The number of phenolic OH excluding ortho intramolecular Hbond substituents is 1. The molecule has 1 aliphatic rings. The third kappa shape index (κ3) is 4.60. The van der Waals surface area contributed by atoms with Crippen LogP contribution in [0.15, 0.2) is 53.5 Å². The fourth-order valence-electron chi connectivity index (χ4n) is 2.25. The predicted octanol–water partition coefficient (Wildman–Crippen LogP) is 2.95. The maximum Gasteiger partial charge on any atom is 0.240 e. The van der Waals surface area contributed by atoms with E-state index < -0.39 is 5.25 Å². The molecular formula is C18H17N3O3S. The summed E-state index contributed by atoms with van der Waals surface area (Å²) in [4.78, 5) is 28.5. The molecule has 1 saturated heterocycles. The summed E-state index contributed by atoms with van der Waals surface area (Å²) in [6, 6.07) is 13.8. The molecule has 6 nitrogen and oxygen atoms in total. The summed E-state index contributed by atoms with van der Waals surface area (Å²) in [5.74, 6) is -0.304. The molecule has 25 heavy (non-hydrogen) atoms. The molecule has 3 N–H and O–H groups in total. The smallest absolute Gasteiger partial charge is 0.240 e. The number of aromatic hydroxyl groups is 1. The highest BCUT2D eigenvalue weighted by molar-refractivity contribution is 8.15. The van der Waals surface area contributed by atoms with E-state index in [4.69, 9.17) is 0 Å². The van der Waals surface area contributed by atoms with Gasteiger partial charge in [-0.2, -0.15) is 0 Å². The number of anilines is 1. The van der Waals surface area contributed by atoms with Crippen LogP contribution in [-0.2, 0) is 9.59 Å². The maximum absolute atomic E-state index is 12.1. The van der Waals surface area contributed by atoms with Gasteiger partial charge in [0.15, 0.2) is 5.17 Å². The molecule has 1 atom stereocenters. The third-order valence-electron chi connectivity index (χ3n) is 3.56. The molecule has 1 aliphatic heterocycles. The van der Waals surface area contributed by atoms with Crippen LogP contribution in [0.25, 0.3) is 0 Å². The molecule has 0 aliphatic carbocycles. The van der Waals surface area contributed by atoms with Gasteiger partial charge < -0.3 is 15.7 Å². The van der Waals surface area contributed by atoms with Gasteiger partial charge in [-0.05, 0) is 43.3 Å². The molecule has 1 heterocycles. The van der Waals surface area contributed by atoms with E-state index in [1.54, 1.807) is 12.1 Å². The monoisotopic (exact) mass is 355 g/mol. The predicted molar refractivity (Wildman–Crippen MR) is 99.1 cm³/mol. The highest BCUT2D eigenvalue weighted by atomic mass is 32.2. The van der Waals surface area contributed by atoms with Crippen LogP contribution in [-0.4, -0.2) is 27.3 Å². The van der Waals surface area contributed by atoms with Crippen LogP contribution in [0, 0.1) is 6.92 Å². The summed E-state index contributed by atoms with van der Waals surface area (Å²) in [5, 5.41) is 14.7. The second-order valence-electron chi connectivity index (χ2n) is 5.65. The highest BCUT2D eigenvalue weighted by Crippen LogP contribution is 2.26. The molecule has 1 unspecified atom stereocenters. The first-order valence-corrected chi connectivity index (χ1v) is 8.59. The van der Waals surface area contributed by atoms with E-state index in [1.165, 1.54) is 23.9 Å². The number of rotatable bonds is 4. The van der Waals surface area contributed by atoms with Crippen molar-refractivity contribution >= 4 is 40.1 Å². The number of aliphatic imine (C=N–C) groups is 1. The molecule has 2 aromatic rings. The average molecular weight is 355 g/mol. The standard InChI is InChI=1S/C18H17N3O3S/c1-11-2-4-12(5-3-11)19-16(23)10-15-17(24)21-18(25-15)20-13-6-8-14(22)9-7-13/h2-9,15,22H,10H2,1H3,(H,19,23)(H,20,21,24). The number of aryl methyl sites for hydroxylation is 1. The van der Waals surface area contributed by atoms with E-state index in [0.29, 0.717) is 16.5 Å². The molecule has 3 rings (SSSR count). The lowest BCUT2D eigenvalue weighted by molar-refractivity contribution is -0.122. The molecule has 128 valence electrons. The SMILES string of the molecule is Cc1ccc(NC(=O)CC2SC(=Nc3ccc(O)cc3)NC2=O)cc1. The Bertz CT molecular complexity index is 816. The Morgan fingerprint density at radius 1 is 1.20 bits per heavy atom. The van der Waals surface area contributed by atoms with E-state index in [0.717, 1.165) is 5.56 Å². The molecular weight excluding hydrogens is 338 g/mol. The fraction of sp³-hybridized carbons (Fsp3) is 0.167. The van der Waals surface area contributed by atoms with E-state index in [9.17, 15) is 14.7 Å². The number of benzene rings is 2. The first kappa shape index (κ1) is 17.0. The van der Waals surface area contributed by atoms with E-state index in [2.05, 4.69) is 15.6 Å². The minimum absolute atomic E-state index is 0.0684. The number of nitrogens with one attached hydrogen (secondary N) is 2. The lowest BCUT2D eigenvalue weighted by Gasteiger charge is -2.07. The zero-order valence-corrected chi connectivity index (χ0v) is 14.3. The zero-order valence-electron chi connectivity index (χ0n) is 13.5. The third-order valence-corrected chi connectivity index (χ3v) is 4.64. The largest absolute Gasteiger partial charge is 0.508 e.